The first-order chi connectivity index (χ1) is 8.74. The average Bonchev–Trinajstić information content (AvgIpc) is 2.36. The van der Waals surface area contributed by atoms with Crippen LogP contribution in [0.15, 0.2) is 24.3 Å². The fourth-order valence-electron chi connectivity index (χ4n) is 1.37. The molecule has 1 aromatic rings. The second-order valence-electron chi connectivity index (χ2n) is 4.69. The van der Waals surface area contributed by atoms with Crippen molar-refractivity contribution in [2.24, 2.45) is 5.73 Å². The van der Waals surface area contributed by atoms with Crippen LogP contribution in [0.5, 0.6) is 0 Å². The lowest BCUT2D eigenvalue weighted by molar-refractivity contribution is -0.156. The molecule has 1 amide bonds. The summed E-state index contributed by atoms with van der Waals surface area (Å²) in [5.41, 5.74) is 5.41. The zero-order valence-electron chi connectivity index (χ0n) is 10.9. The maximum Gasteiger partial charge on any atom is 0.337 e. The minimum Gasteiger partial charge on any atom is -0.479 e. The van der Waals surface area contributed by atoms with Gasteiger partial charge in [0.15, 0.2) is 5.60 Å². The molecule has 0 aliphatic carbocycles. The van der Waals surface area contributed by atoms with Crippen molar-refractivity contribution in [2.45, 2.75) is 25.5 Å². The van der Waals surface area contributed by atoms with Crippen LogP contribution in [-0.4, -0.2) is 34.2 Å². The molecule has 0 aliphatic rings. The Balaban J connectivity index is 2.63. The van der Waals surface area contributed by atoms with Crippen LogP contribution < -0.4 is 11.1 Å². The molecule has 104 valence electrons. The summed E-state index contributed by atoms with van der Waals surface area (Å²) in [6, 6.07) is 6.22. The fraction of sp³-hybridized carbons (Fsp3) is 0.385. The van der Waals surface area contributed by atoms with Gasteiger partial charge in [0.1, 0.15) is 6.04 Å². The fourth-order valence-corrected chi connectivity index (χ4v) is 1.37. The lowest BCUT2D eigenvalue weighted by Crippen LogP contribution is -2.48. The summed E-state index contributed by atoms with van der Waals surface area (Å²) in [5.74, 6) is -1.94. The number of aliphatic carboxylic acids is 1. The quantitative estimate of drug-likeness (QED) is 0.596. The van der Waals surface area contributed by atoms with E-state index in [2.05, 4.69) is 5.32 Å². The van der Waals surface area contributed by atoms with Crippen LogP contribution in [0.1, 0.15) is 24.1 Å². The topological polar surface area (TPSA) is 113 Å². The highest BCUT2D eigenvalue weighted by Gasteiger charge is 2.31. The van der Waals surface area contributed by atoms with Crippen LogP contribution in [0.3, 0.4) is 0 Å². The molecule has 6 heteroatoms. The van der Waals surface area contributed by atoms with Gasteiger partial charge in [-0.05, 0) is 19.4 Å². The first-order valence-corrected chi connectivity index (χ1v) is 5.79. The van der Waals surface area contributed by atoms with Crippen LogP contribution in [0.2, 0.25) is 0 Å². The van der Waals surface area contributed by atoms with Gasteiger partial charge in [-0.2, -0.15) is 0 Å². The summed E-state index contributed by atoms with van der Waals surface area (Å²) < 4.78 is 0. The minimum absolute atomic E-state index is 0.402. The molecule has 0 aromatic heterocycles. The van der Waals surface area contributed by atoms with E-state index in [1.807, 2.05) is 19.1 Å². The van der Waals surface area contributed by atoms with Gasteiger partial charge in [0.2, 0.25) is 5.91 Å². The molecule has 1 rings (SSSR count). The molecule has 0 bridgehead atoms. The number of aryl methyl sites for hydroxylation is 1. The van der Waals surface area contributed by atoms with Gasteiger partial charge in [0, 0.05) is 0 Å². The summed E-state index contributed by atoms with van der Waals surface area (Å²) in [6.07, 6.45) is 0. The highest BCUT2D eigenvalue weighted by molar-refractivity contribution is 5.84. The third-order valence-corrected chi connectivity index (χ3v) is 2.79. The average molecular weight is 266 g/mol. The Hall–Kier alpha value is -1.92. The van der Waals surface area contributed by atoms with Gasteiger partial charge in [-0.25, -0.2) is 4.79 Å². The Kier molecular flexibility index (Phi) is 4.63. The Bertz CT molecular complexity index is 468. The van der Waals surface area contributed by atoms with Crippen LogP contribution in [0.4, 0.5) is 0 Å². The van der Waals surface area contributed by atoms with Gasteiger partial charge in [-0.15, -0.1) is 0 Å². The summed E-state index contributed by atoms with van der Waals surface area (Å²) in [5, 5.41) is 20.5. The number of aliphatic hydroxyl groups is 1. The lowest BCUT2D eigenvalue weighted by Gasteiger charge is -2.20. The third-order valence-electron chi connectivity index (χ3n) is 2.79. The monoisotopic (exact) mass is 266 g/mol. The van der Waals surface area contributed by atoms with Gasteiger partial charge >= 0.3 is 5.97 Å². The number of amides is 1. The van der Waals surface area contributed by atoms with E-state index >= 15 is 0 Å². The number of carbonyl (C=O) groups excluding carboxylic acids is 1. The van der Waals surface area contributed by atoms with E-state index in [0.29, 0.717) is 5.56 Å². The van der Waals surface area contributed by atoms with Crippen LogP contribution in [0, 0.1) is 6.92 Å². The lowest BCUT2D eigenvalue weighted by atomic mass is 10.0. The second kappa shape index (κ2) is 5.81. The Morgan fingerprint density at radius 2 is 1.89 bits per heavy atom. The highest BCUT2D eigenvalue weighted by atomic mass is 16.4. The standard InChI is InChI=1S/C13H18N2O4/c1-8-3-5-9(6-4-8)10(14)11(16)15-7-13(2,19)12(17)18/h3-6,10,19H,7,14H2,1-2H3,(H,15,16)(H,17,18). The molecule has 5 N–H and O–H groups in total. The number of hydrogen-bond acceptors (Lipinski definition) is 4. The molecular formula is C13H18N2O4. The Morgan fingerprint density at radius 1 is 1.37 bits per heavy atom. The smallest absolute Gasteiger partial charge is 0.337 e. The van der Waals surface area contributed by atoms with Crippen molar-refractivity contribution in [2.75, 3.05) is 6.54 Å². The number of rotatable bonds is 5. The second-order valence-corrected chi connectivity index (χ2v) is 4.69. The maximum absolute atomic E-state index is 11.8. The molecule has 2 unspecified atom stereocenters. The summed E-state index contributed by atoms with van der Waals surface area (Å²) in [4.78, 5) is 22.4. The molecule has 19 heavy (non-hydrogen) atoms. The van der Waals surface area contributed by atoms with Crippen LogP contribution in [0.25, 0.3) is 0 Å². The van der Waals surface area contributed by atoms with Gasteiger partial charge in [0.25, 0.3) is 0 Å². The van der Waals surface area contributed by atoms with Crippen molar-refractivity contribution in [1.29, 1.82) is 0 Å². The van der Waals surface area contributed by atoms with E-state index in [9.17, 15) is 14.7 Å². The van der Waals surface area contributed by atoms with Crippen molar-refractivity contribution in [1.82, 2.24) is 5.32 Å². The number of benzene rings is 1. The van der Waals surface area contributed by atoms with E-state index in [4.69, 9.17) is 10.8 Å². The molecule has 2 atom stereocenters. The molecule has 0 saturated carbocycles. The normalized spacial score (nSPS) is 15.4. The van der Waals surface area contributed by atoms with Crippen LogP contribution in [-0.2, 0) is 9.59 Å². The van der Waals surface area contributed by atoms with E-state index in [-0.39, 0.29) is 0 Å². The van der Waals surface area contributed by atoms with Crippen molar-refractivity contribution in [3.8, 4) is 0 Å². The zero-order valence-corrected chi connectivity index (χ0v) is 10.9. The number of nitrogens with one attached hydrogen (secondary N) is 1. The van der Waals surface area contributed by atoms with Crippen LogP contribution >= 0.6 is 0 Å². The Labute approximate surface area is 111 Å². The largest absolute Gasteiger partial charge is 0.479 e. The number of carboxylic acid groups (broad SMARTS) is 1. The number of hydrogen-bond donors (Lipinski definition) is 4. The molecule has 6 nitrogen and oxygen atoms in total. The first-order valence-electron chi connectivity index (χ1n) is 5.79. The summed E-state index contributed by atoms with van der Waals surface area (Å²) in [7, 11) is 0. The van der Waals surface area contributed by atoms with E-state index < -0.39 is 30.1 Å². The molecule has 0 saturated heterocycles. The number of carbonyl (C=O) groups is 2. The summed E-state index contributed by atoms with van der Waals surface area (Å²) in [6.45, 7) is 2.62. The van der Waals surface area contributed by atoms with E-state index in [1.165, 1.54) is 0 Å². The van der Waals surface area contributed by atoms with Crippen molar-refractivity contribution < 1.29 is 19.8 Å². The van der Waals surface area contributed by atoms with Crippen molar-refractivity contribution in [3.63, 3.8) is 0 Å². The molecule has 0 spiro atoms. The molecular weight excluding hydrogens is 248 g/mol. The van der Waals surface area contributed by atoms with Gasteiger partial charge in [0.05, 0.1) is 6.54 Å². The maximum atomic E-state index is 11.8. The molecule has 0 fully saturated rings. The number of carboxylic acids is 1. The van der Waals surface area contributed by atoms with E-state index in [0.717, 1.165) is 12.5 Å². The van der Waals surface area contributed by atoms with E-state index in [1.54, 1.807) is 12.1 Å². The van der Waals surface area contributed by atoms with Gasteiger partial charge in [-0.1, -0.05) is 29.8 Å². The summed E-state index contributed by atoms with van der Waals surface area (Å²) >= 11 is 0. The number of nitrogens with two attached hydrogens (primary N) is 1. The SMILES string of the molecule is Cc1ccc(C(N)C(=O)NCC(C)(O)C(=O)O)cc1. The van der Waals surface area contributed by atoms with Gasteiger partial charge in [-0.3, -0.25) is 4.79 Å². The first kappa shape index (κ1) is 15.1. The predicted octanol–water partition coefficient (Wildman–Crippen LogP) is -0.0534. The molecule has 0 radical (unpaired) electrons. The molecule has 0 aliphatic heterocycles. The van der Waals surface area contributed by atoms with Gasteiger partial charge < -0.3 is 21.3 Å². The van der Waals surface area contributed by atoms with Crippen molar-refractivity contribution in [3.05, 3.63) is 35.4 Å². The minimum atomic E-state index is -2.01. The predicted molar refractivity (Wildman–Crippen MR) is 69.4 cm³/mol. The molecule has 1 aromatic carbocycles. The third kappa shape index (κ3) is 4.04. The zero-order chi connectivity index (χ0) is 14.6. The highest BCUT2D eigenvalue weighted by Crippen LogP contribution is 2.12. The molecule has 0 heterocycles. The van der Waals surface area contributed by atoms with Crippen molar-refractivity contribution >= 4 is 11.9 Å². The Morgan fingerprint density at radius 3 is 2.37 bits per heavy atom.